The van der Waals surface area contributed by atoms with Gasteiger partial charge < -0.3 is 19.7 Å². The van der Waals surface area contributed by atoms with Crippen molar-refractivity contribution in [1.82, 2.24) is 10.2 Å². The highest BCUT2D eigenvalue weighted by atomic mass is 16.6. The van der Waals surface area contributed by atoms with Gasteiger partial charge in [-0.15, -0.1) is 0 Å². The van der Waals surface area contributed by atoms with Gasteiger partial charge in [0.15, 0.2) is 0 Å². The number of rotatable bonds is 4. The summed E-state index contributed by atoms with van der Waals surface area (Å²) in [6, 6.07) is 8.25. The molecule has 0 bridgehead atoms. The van der Waals surface area contributed by atoms with Gasteiger partial charge in [0.1, 0.15) is 5.60 Å². The fourth-order valence-electron chi connectivity index (χ4n) is 3.06. The first-order valence-corrected chi connectivity index (χ1v) is 9.26. The first-order valence-electron chi connectivity index (χ1n) is 9.26. The monoisotopic (exact) mass is 362 g/mol. The van der Waals surface area contributed by atoms with Gasteiger partial charge >= 0.3 is 12.2 Å². The SMILES string of the molecule is CCOC(=O)N1CCC(c2cccc(CNC(=O)OC(C)(C)C)c2)CC1. The van der Waals surface area contributed by atoms with E-state index >= 15 is 0 Å². The van der Waals surface area contributed by atoms with E-state index in [0.29, 0.717) is 32.2 Å². The number of piperidine rings is 1. The molecule has 0 saturated carbocycles. The topological polar surface area (TPSA) is 67.9 Å². The number of benzene rings is 1. The highest BCUT2D eigenvalue weighted by Crippen LogP contribution is 2.28. The number of carbonyl (C=O) groups excluding carboxylic acids is 2. The van der Waals surface area contributed by atoms with Gasteiger partial charge in [0.25, 0.3) is 0 Å². The number of nitrogens with zero attached hydrogens (tertiary/aromatic N) is 1. The molecule has 6 nitrogen and oxygen atoms in total. The van der Waals surface area contributed by atoms with E-state index in [2.05, 4.69) is 17.4 Å². The largest absolute Gasteiger partial charge is 0.450 e. The lowest BCUT2D eigenvalue weighted by Gasteiger charge is -2.31. The molecular formula is C20H30N2O4. The molecule has 2 rings (SSSR count). The molecule has 0 spiro atoms. The molecule has 1 aromatic carbocycles. The minimum Gasteiger partial charge on any atom is -0.450 e. The number of carbonyl (C=O) groups is 2. The van der Waals surface area contributed by atoms with Crippen molar-refractivity contribution < 1.29 is 19.1 Å². The molecule has 1 aliphatic heterocycles. The zero-order chi connectivity index (χ0) is 19.2. The second kappa shape index (κ2) is 8.92. The van der Waals surface area contributed by atoms with Crippen LogP contribution in [-0.2, 0) is 16.0 Å². The molecule has 0 radical (unpaired) electrons. The third-order valence-electron chi connectivity index (χ3n) is 4.28. The zero-order valence-corrected chi connectivity index (χ0v) is 16.2. The Balaban J connectivity index is 1.87. The minimum absolute atomic E-state index is 0.221. The van der Waals surface area contributed by atoms with Crippen LogP contribution in [0.3, 0.4) is 0 Å². The van der Waals surface area contributed by atoms with Crippen molar-refractivity contribution >= 4 is 12.2 Å². The third kappa shape index (κ3) is 6.24. The predicted molar refractivity (Wildman–Crippen MR) is 100 cm³/mol. The molecule has 2 amide bonds. The average molecular weight is 362 g/mol. The predicted octanol–water partition coefficient (Wildman–Crippen LogP) is 4.05. The highest BCUT2D eigenvalue weighted by Gasteiger charge is 2.24. The van der Waals surface area contributed by atoms with Crippen molar-refractivity contribution in [2.45, 2.75) is 58.6 Å². The lowest BCUT2D eigenvalue weighted by Crippen LogP contribution is -2.38. The van der Waals surface area contributed by atoms with Crippen molar-refractivity contribution in [2.24, 2.45) is 0 Å². The second-order valence-corrected chi connectivity index (χ2v) is 7.56. The average Bonchev–Trinajstić information content (AvgIpc) is 2.59. The van der Waals surface area contributed by atoms with Crippen molar-refractivity contribution in [2.75, 3.05) is 19.7 Å². The summed E-state index contributed by atoms with van der Waals surface area (Å²) in [4.78, 5) is 25.4. The molecule has 1 aromatic rings. The Kier molecular flexibility index (Phi) is 6.89. The fraction of sp³-hybridized carbons (Fsp3) is 0.600. The van der Waals surface area contributed by atoms with Crippen LogP contribution in [0.4, 0.5) is 9.59 Å². The first kappa shape index (κ1) is 20.1. The zero-order valence-electron chi connectivity index (χ0n) is 16.2. The molecule has 1 fully saturated rings. The van der Waals surface area contributed by atoms with Gasteiger partial charge in [0.05, 0.1) is 6.61 Å². The smallest absolute Gasteiger partial charge is 0.409 e. The molecule has 1 aliphatic rings. The molecule has 0 aromatic heterocycles. The highest BCUT2D eigenvalue weighted by molar-refractivity contribution is 5.68. The van der Waals surface area contributed by atoms with E-state index in [-0.39, 0.29) is 6.09 Å². The molecule has 0 atom stereocenters. The van der Waals surface area contributed by atoms with Crippen molar-refractivity contribution in [3.05, 3.63) is 35.4 Å². The number of amides is 2. The van der Waals surface area contributed by atoms with Crippen LogP contribution in [0.5, 0.6) is 0 Å². The molecule has 144 valence electrons. The second-order valence-electron chi connectivity index (χ2n) is 7.56. The van der Waals surface area contributed by atoms with Gasteiger partial charge in [-0.3, -0.25) is 0 Å². The summed E-state index contributed by atoms with van der Waals surface area (Å²) in [5.74, 6) is 0.419. The van der Waals surface area contributed by atoms with Crippen molar-refractivity contribution in [3.8, 4) is 0 Å². The van der Waals surface area contributed by atoms with Crippen LogP contribution in [0.1, 0.15) is 57.6 Å². The van der Waals surface area contributed by atoms with Crippen LogP contribution in [0, 0.1) is 0 Å². The summed E-state index contributed by atoms with van der Waals surface area (Å²) in [6.07, 6.45) is 1.20. The lowest BCUT2D eigenvalue weighted by atomic mass is 9.89. The maximum absolute atomic E-state index is 11.8. The number of hydrogen-bond acceptors (Lipinski definition) is 4. The molecular weight excluding hydrogens is 332 g/mol. The molecule has 1 saturated heterocycles. The summed E-state index contributed by atoms with van der Waals surface area (Å²) in [5, 5.41) is 2.79. The molecule has 0 unspecified atom stereocenters. The summed E-state index contributed by atoms with van der Waals surface area (Å²) in [5.41, 5.74) is 1.79. The summed E-state index contributed by atoms with van der Waals surface area (Å²) >= 11 is 0. The van der Waals surface area contributed by atoms with Crippen LogP contribution in [0.2, 0.25) is 0 Å². The molecule has 0 aliphatic carbocycles. The Morgan fingerprint density at radius 2 is 1.92 bits per heavy atom. The lowest BCUT2D eigenvalue weighted by molar-refractivity contribution is 0.0523. The fourth-order valence-corrected chi connectivity index (χ4v) is 3.06. The number of nitrogens with one attached hydrogen (secondary N) is 1. The number of hydrogen-bond donors (Lipinski definition) is 1. The van der Waals surface area contributed by atoms with E-state index in [4.69, 9.17) is 9.47 Å². The van der Waals surface area contributed by atoms with E-state index in [1.807, 2.05) is 39.8 Å². The van der Waals surface area contributed by atoms with Crippen LogP contribution in [0.15, 0.2) is 24.3 Å². The molecule has 1 heterocycles. The van der Waals surface area contributed by atoms with Crippen LogP contribution < -0.4 is 5.32 Å². The van der Waals surface area contributed by atoms with Gasteiger partial charge in [0, 0.05) is 19.6 Å². The van der Waals surface area contributed by atoms with Gasteiger partial charge in [-0.2, -0.15) is 0 Å². The molecule has 6 heteroatoms. The van der Waals surface area contributed by atoms with Crippen molar-refractivity contribution in [3.63, 3.8) is 0 Å². The van der Waals surface area contributed by atoms with E-state index in [1.165, 1.54) is 5.56 Å². The Morgan fingerprint density at radius 1 is 1.23 bits per heavy atom. The van der Waals surface area contributed by atoms with E-state index in [0.717, 1.165) is 18.4 Å². The normalized spacial score (nSPS) is 15.5. The van der Waals surface area contributed by atoms with Gasteiger partial charge in [-0.05, 0) is 57.6 Å². The van der Waals surface area contributed by atoms with Crippen LogP contribution in [-0.4, -0.2) is 42.4 Å². The number of likely N-dealkylation sites (tertiary alicyclic amines) is 1. The van der Waals surface area contributed by atoms with Crippen LogP contribution in [0.25, 0.3) is 0 Å². The maximum atomic E-state index is 11.8. The summed E-state index contributed by atoms with van der Waals surface area (Å²) < 4.78 is 10.3. The first-order chi connectivity index (χ1) is 12.3. The summed E-state index contributed by atoms with van der Waals surface area (Å²) in [6.45, 7) is 9.62. The van der Waals surface area contributed by atoms with Crippen LogP contribution >= 0.6 is 0 Å². The summed E-state index contributed by atoms with van der Waals surface area (Å²) in [7, 11) is 0. The minimum atomic E-state index is -0.501. The quantitative estimate of drug-likeness (QED) is 0.877. The van der Waals surface area contributed by atoms with Gasteiger partial charge in [-0.1, -0.05) is 24.3 Å². The van der Waals surface area contributed by atoms with Gasteiger partial charge in [-0.25, -0.2) is 9.59 Å². The Bertz CT molecular complexity index is 616. The number of ether oxygens (including phenoxy) is 2. The molecule has 1 N–H and O–H groups in total. The standard InChI is InChI=1S/C20H30N2O4/c1-5-25-19(24)22-11-9-16(10-12-22)17-8-6-7-15(13-17)14-21-18(23)26-20(2,3)4/h6-8,13,16H,5,9-12,14H2,1-4H3,(H,21,23). The Morgan fingerprint density at radius 3 is 2.54 bits per heavy atom. The van der Waals surface area contributed by atoms with E-state index < -0.39 is 11.7 Å². The Hall–Kier alpha value is -2.24. The van der Waals surface area contributed by atoms with Crippen molar-refractivity contribution in [1.29, 1.82) is 0 Å². The third-order valence-corrected chi connectivity index (χ3v) is 4.28. The maximum Gasteiger partial charge on any atom is 0.409 e. The van der Waals surface area contributed by atoms with E-state index in [9.17, 15) is 9.59 Å². The molecule has 26 heavy (non-hydrogen) atoms. The number of alkyl carbamates (subject to hydrolysis) is 1. The van der Waals surface area contributed by atoms with E-state index in [1.54, 1.807) is 4.90 Å². The van der Waals surface area contributed by atoms with Gasteiger partial charge in [0.2, 0.25) is 0 Å². The Labute approximate surface area is 155 Å².